The van der Waals surface area contributed by atoms with Crippen LogP contribution in [0.15, 0.2) is 29.0 Å². The summed E-state index contributed by atoms with van der Waals surface area (Å²) in [7, 11) is 1.78. The average Bonchev–Trinajstić information content (AvgIpc) is 2.98. The topological polar surface area (TPSA) is 43.4 Å². The van der Waals surface area contributed by atoms with Gasteiger partial charge >= 0.3 is 0 Å². The van der Waals surface area contributed by atoms with Crippen molar-refractivity contribution in [1.29, 1.82) is 0 Å². The van der Waals surface area contributed by atoms with Crippen molar-refractivity contribution >= 4 is 0 Å². The third kappa shape index (κ3) is 2.96. The molecule has 1 aliphatic carbocycles. The van der Waals surface area contributed by atoms with Gasteiger partial charge in [0.05, 0.1) is 25.1 Å². The number of aromatic nitrogens is 2. The van der Waals surface area contributed by atoms with Crippen molar-refractivity contribution in [3.05, 3.63) is 41.6 Å². The van der Waals surface area contributed by atoms with Crippen LogP contribution in [-0.4, -0.2) is 34.9 Å². The van der Waals surface area contributed by atoms with Crippen molar-refractivity contribution in [1.82, 2.24) is 14.7 Å². The first kappa shape index (κ1) is 14.0. The molecule has 0 unspecified atom stereocenters. The minimum atomic E-state index is 0.400. The van der Waals surface area contributed by atoms with E-state index in [9.17, 15) is 0 Å². The fourth-order valence-electron chi connectivity index (χ4n) is 3.37. The van der Waals surface area contributed by atoms with Gasteiger partial charge in [-0.2, -0.15) is 5.10 Å². The van der Waals surface area contributed by atoms with Gasteiger partial charge in [0.2, 0.25) is 0 Å². The van der Waals surface area contributed by atoms with Gasteiger partial charge in [-0.15, -0.1) is 0 Å². The molecule has 0 N–H and O–H groups in total. The van der Waals surface area contributed by atoms with E-state index in [1.807, 2.05) is 12.1 Å². The van der Waals surface area contributed by atoms with Crippen LogP contribution in [0.2, 0.25) is 0 Å². The van der Waals surface area contributed by atoms with E-state index in [0.717, 1.165) is 44.5 Å². The zero-order valence-corrected chi connectivity index (χ0v) is 13.1. The van der Waals surface area contributed by atoms with Crippen molar-refractivity contribution in [2.45, 2.75) is 38.4 Å². The maximum absolute atomic E-state index is 5.49. The van der Waals surface area contributed by atoms with Crippen LogP contribution in [0, 0.1) is 5.92 Å². The molecule has 4 rings (SSSR count). The molecule has 1 saturated carbocycles. The van der Waals surface area contributed by atoms with Crippen molar-refractivity contribution in [3.63, 3.8) is 0 Å². The maximum atomic E-state index is 5.49. The van der Waals surface area contributed by atoms with E-state index in [-0.39, 0.29) is 0 Å². The predicted octanol–water partition coefficient (Wildman–Crippen LogP) is 2.63. The lowest BCUT2D eigenvalue weighted by atomic mass is 9.95. The summed E-state index contributed by atoms with van der Waals surface area (Å²) in [6.07, 6.45) is 6.70. The Morgan fingerprint density at radius 2 is 2.32 bits per heavy atom. The first-order chi connectivity index (χ1) is 10.8. The molecule has 3 heterocycles. The molecule has 0 radical (unpaired) electrons. The summed E-state index contributed by atoms with van der Waals surface area (Å²) in [6, 6.07) is 3.98. The van der Waals surface area contributed by atoms with E-state index in [1.165, 1.54) is 24.1 Å². The van der Waals surface area contributed by atoms with Crippen molar-refractivity contribution in [2.75, 3.05) is 20.3 Å². The van der Waals surface area contributed by atoms with Crippen molar-refractivity contribution in [3.8, 4) is 0 Å². The molecule has 5 heteroatoms. The van der Waals surface area contributed by atoms with Gasteiger partial charge in [0, 0.05) is 44.4 Å². The van der Waals surface area contributed by atoms with Crippen LogP contribution in [0.5, 0.6) is 0 Å². The highest BCUT2D eigenvalue weighted by molar-refractivity contribution is 5.25. The van der Waals surface area contributed by atoms with Crippen LogP contribution in [0.3, 0.4) is 0 Å². The molecule has 2 aromatic heterocycles. The van der Waals surface area contributed by atoms with Gasteiger partial charge in [-0.25, -0.2) is 0 Å². The van der Waals surface area contributed by atoms with Crippen molar-refractivity contribution < 1.29 is 9.15 Å². The molecule has 0 amide bonds. The Morgan fingerprint density at radius 1 is 1.41 bits per heavy atom. The number of fused-ring (bicyclic) bond motifs is 1. The lowest BCUT2D eigenvalue weighted by Crippen LogP contribution is -2.34. The fraction of sp³-hybridized carbons (Fsp3) is 0.588. The summed E-state index contributed by atoms with van der Waals surface area (Å²) < 4.78 is 13.1. The number of rotatable bonds is 6. The second kappa shape index (κ2) is 5.89. The van der Waals surface area contributed by atoms with Crippen LogP contribution >= 0.6 is 0 Å². The highest BCUT2D eigenvalue weighted by Crippen LogP contribution is 2.33. The quantitative estimate of drug-likeness (QED) is 0.822. The van der Waals surface area contributed by atoms with Gasteiger partial charge in [-0.3, -0.25) is 9.58 Å². The minimum absolute atomic E-state index is 0.400. The van der Waals surface area contributed by atoms with Crippen LogP contribution in [0.25, 0.3) is 0 Å². The molecule has 1 atom stereocenters. The molecule has 1 aliphatic heterocycles. The largest absolute Gasteiger partial charge is 0.468 e. The Morgan fingerprint density at radius 3 is 3.05 bits per heavy atom. The summed E-state index contributed by atoms with van der Waals surface area (Å²) in [5.74, 6) is 2.26. The molecule has 0 bridgehead atoms. The lowest BCUT2D eigenvalue weighted by molar-refractivity contribution is 0.131. The van der Waals surface area contributed by atoms with E-state index in [2.05, 4.69) is 15.8 Å². The van der Waals surface area contributed by atoms with E-state index < -0.39 is 0 Å². The summed E-state index contributed by atoms with van der Waals surface area (Å²) in [6.45, 7) is 4.55. The smallest absolute Gasteiger partial charge is 0.117 e. The summed E-state index contributed by atoms with van der Waals surface area (Å²) in [4.78, 5) is 2.40. The Labute approximate surface area is 130 Å². The fourth-order valence-corrected chi connectivity index (χ4v) is 3.37. The van der Waals surface area contributed by atoms with Crippen LogP contribution in [-0.2, 0) is 24.4 Å². The molecule has 2 aliphatic rings. The molecule has 22 heavy (non-hydrogen) atoms. The van der Waals surface area contributed by atoms with Crippen LogP contribution < -0.4 is 0 Å². The Kier molecular flexibility index (Phi) is 3.76. The average molecular weight is 301 g/mol. The van der Waals surface area contributed by atoms with Gasteiger partial charge < -0.3 is 9.15 Å². The number of methoxy groups -OCH3 is 1. The zero-order chi connectivity index (χ0) is 14.9. The second-order valence-corrected chi connectivity index (χ2v) is 6.60. The third-order valence-electron chi connectivity index (χ3n) is 4.63. The third-order valence-corrected chi connectivity index (χ3v) is 4.63. The van der Waals surface area contributed by atoms with Gasteiger partial charge in [-0.1, -0.05) is 0 Å². The van der Waals surface area contributed by atoms with Gasteiger partial charge in [0.25, 0.3) is 0 Å². The predicted molar refractivity (Wildman–Crippen MR) is 82.4 cm³/mol. The van der Waals surface area contributed by atoms with Gasteiger partial charge in [0.1, 0.15) is 5.76 Å². The Balaban J connectivity index is 1.53. The van der Waals surface area contributed by atoms with E-state index in [0.29, 0.717) is 5.92 Å². The molecule has 0 spiro atoms. The molecular formula is C17H23N3O2. The molecule has 118 valence electrons. The van der Waals surface area contributed by atoms with Gasteiger partial charge in [0.15, 0.2) is 0 Å². The molecule has 0 aromatic carbocycles. The number of hydrogen-bond donors (Lipinski definition) is 0. The Bertz CT molecular complexity index is 616. The summed E-state index contributed by atoms with van der Waals surface area (Å²) in [5.41, 5.74) is 2.58. The minimum Gasteiger partial charge on any atom is -0.468 e. The molecule has 1 fully saturated rings. The monoisotopic (exact) mass is 301 g/mol. The number of furan rings is 1. The first-order valence-corrected chi connectivity index (χ1v) is 8.11. The van der Waals surface area contributed by atoms with Crippen LogP contribution in [0.4, 0.5) is 0 Å². The van der Waals surface area contributed by atoms with Gasteiger partial charge in [-0.05, 0) is 30.9 Å². The van der Waals surface area contributed by atoms with E-state index >= 15 is 0 Å². The summed E-state index contributed by atoms with van der Waals surface area (Å²) >= 11 is 0. The Hall–Kier alpha value is -1.59. The second-order valence-electron chi connectivity index (χ2n) is 6.60. The maximum Gasteiger partial charge on any atom is 0.117 e. The number of hydrogen-bond acceptors (Lipinski definition) is 4. The SMILES string of the molecule is COC[C@H]1CN(Cc2ccco2)Cc2nn(CC3CC3)cc21. The van der Waals surface area contributed by atoms with Crippen molar-refractivity contribution in [2.24, 2.45) is 5.92 Å². The molecular weight excluding hydrogens is 278 g/mol. The highest BCUT2D eigenvalue weighted by atomic mass is 16.5. The number of ether oxygens (including phenoxy) is 1. The molecule has 5 nitrogen and oxygen atoms in total. The zero-order valence-electron chi connectivity index (χ0n) is 13.1. The lowest BCUT2D eigenvalue weighted by Gasteiger charge is -2.31. The molecule has 0 saturated heterocycles. The van der Waals surface area contributed by atoms with E-state index in [4.69, 9.17) is 14.3 Å². The molecule has 2 aromatic rings. The van der Waals surface area contributed by atoms with Crippen LogP contribution in [0.1, 0.15) is 35.8 Å². The summed E-state index contributed by atoms with van der Waals surface area (Å²) in [5, 5.41) is 4.83. The first-order valence-electron chi connectivity index (χ1n) is 8.11. The van der Waals surface area contributed by atoms with E-state index in [1.54, 1.807) is 13.4 Å². The highest BCUT2D eigenvalue weighted by Gasteiger charge is 2.30. The standard InChI is InChI=1S/C17H23N3O2/c1-21-12-14-8-19(9-15-3-2-6-22-15)11-17-16(14)10-20(18-17)7-13-4-5-13/h2-3,6,10,13-14H,4-5,7-9,11-12H2,1H3/t14-/m1/s1. The number of nitrogens with zero attached hydrogens (tertiary/aromatic N) is 3. The normalized spacial score (nSPS) is 22.0.